The van der Waals surface area contributed by atoms with E-state index in [1.807, 2.05) is 0 Å². The van der Waals surface area contributed by atoms with Crippen LogP contribution in [0, 0.1) is 6.92 Å². The maximum Gasteiger partial charge on any atom is 0.260 e. The molecule has 1 aliphatic rings. The number of hydrogen-bond donors (Lipinski definition) is 2. The summed E-state index contributed by atoms with van der Waals surface area (Å²) < 4.78 is 0. The third-order valence-electron chi connectivity index (χ3n) is 5.92. The lowest BCUT2D eigenvalue weighted by molar-refractivity contribution is 0.100. The number of H-pyrrole nitrogens is 1. The topological polar surface area (TPSA) is 117 Å². The molecule has 0 unspecified atom stereocenters. The largest absolute Gasteiger partial charge is 0.365 e. The molecule has 4 heterocycles. The quantitative estimate of drug-likeness (QED) is 0.464. The summed E-state index contributed by atoms with van der Waals surface area (Å²) in [6, 6.07) is 6.80. The van der Waals surface area contributed by atoms with E-state index >= 15 is 0 Å². The van der Waals surface area contributed by atoms with Gasteiger partial charge in [0, 0.05) is 31.1 Å². The number of thiazole rings is 1. The average Bonchev–Trinajstić information content (AvgIpc) is 3.35. The van der Waals surface area contributed by atoms with Crippen LogP contribution < -0.4 is 10.6 Å². The van der Waals surface area contributed by atoms with Crippen molar-refractivity contribution in [3.8, 4) is 11.3 Å². The molecule has 3 N–H and O–H groups in total. The second-order valence-corrected chi connectivity index (χ2v) is 9.42. The van der Waals surface area contributed by atoms with Crippen LogP contribution >= 0.6 is 11.3 Å². The lowest BCUT2D eigenvalue weighted by Crippen LogP contribution is -2.57. The van der Waals surface area contributed by atoms with Gasteiger partial charge in [0.25, 0.3) is 5.91 Å². The first-order valence-corrected chi connectivity index (χ1v) is 11.2. The van der Waals surface area contributed by atoms with Crippen molar-refractivity contribution in [1.82, 2.24) is 29.8 Å². The highest BCUT2D eigenvalue weighted by Gasteiger charge is 2.30. The molecular formula is C22H24N8OS. The molecule has 0 spiro atoms. The summed E-state index contributed by atoms with van der Waals surface area (Å²) in [7, 11) is 4.20. The van der Waals surface area contributed by atoms with Crippen LogP contribution in [0.15, 0.2) is 30.7 Å². The normalized spacial score (nSPS) is 14.3. The van der Waals surface area contributed by atoms with Crippen molar-refractivity contribution in [3.63, 3.8) is 0 Å². The van der Waals surface area contributed by atoms with Crippen LogP contribution in [0.4, 0.5) is 5.95 Å². The Hall–Kier alpha value is -3.37. The van der Waals surface area contributed by atoms with Gasteiger partial charge >= 0.3 is 0 Å². The van der Waals surface area contributed by atoms with E-state index in [9.17, 15) is 4.79 Å². The summed E-state index contributed by atoms with van der Waals surface area (Å²) in [5, 5.41) is 0.864. The smallest absolute Gasteiger partial charge is 0.260 e. The zero-order chi connectivity index (χ0) is 22.4. The van der Waals surface area contributed by atoms with Gasteiger partial charge in [0.05, 0.1) is 16.9 Å². The fourth-order valence-corrected chi connectivity index (χ4v) is 4.64. The van der Waals surface area contributed by atoms with Crippen LogP contribution in [0.5, 0.6) is 0 Å². The molecule has 32 heavy (non-hydrogen) atoms. The van der Waals surface area contributed by atoms with Crippen molar-refractivity contribution in [1.29, 1.82) is 0 Å². The highest BCUT2D eigenvalue weighted by atomic mass is 32.1. The number of amides is 1. The van der Waals surface area contributed by atoms with E-state index in [1.165, 1.54) is 11.3 Å². The molecule has 164 valence electrons. The van der Waals surface area contributed by atoms with Gasteiger partial charge in [-0.25, -0.2) is 15.0 Å². The molecule has 1 aromatic carbocycles. The predicted molar refractivity (Wildman–Crippen MR) is 125 cm³/mol. The Morgan fingerprint density at radius 3 is 2.78 bits per heavy atom. The Balaban J connectivity index is 1.41. The highest BCUT2D eigenvalue weighted by Crippen LogP contribution is 2.30. The number of rotatable bonds is 6. The first-order valence-electron chi connectivity index (χ1n) is 10.4. The summed E-state index contributed by atoms with van der Waals surface area (Å²) in [6.45, 7) is 3.95. The van der Waals surface area contributed by atoms with Gasteiger partial charge in [-0.05, 0) is 38.2 Å². The summed E-state index contributed by atoms with van der Waals surface area (Å²) in [5.74, 6) is 0.394. The maximum absolute atomic E-state index is 11.3. The summed E-state index contributed by atoms with van der Waals surface area (Å²) in [6.07, 6.45) is 3.75. The number of likely N-dealkylation sites (N-methyl/N-ethyl adjacent to an activating group) is 1. The monoisotopic (exact) mass is 448 g/mol. The molecule has 3 aromatic heterocycles. The van der Waals surface area contributed by atoms with E-state index in [-0.39, 0.29) is 0 Å². The van der Waals surface area contributed by atoms with E-state index in [0.29, 0.717) is 23.0 Å². The molecule has 0 radical (unpaired) electrons. The molecule has 0 saturated carbocycles. The minimum absolute atomic E-state index is 0.442. The first-order chi connectivity index (χ1) is 15.4. The molecular weight excluding hydrogens is 424 g/mol. The zero-order valence-electron chi connectivity index (χ0n) is 18.2. The number of anilines is 1. The SMILES string of the molecule is Cc1cc(-c2ncnc3nc(N4CC(N(C)C)C4)[nH]c23)ccc1Cc1ncc(C(N)=O)s1. The molecule has 0 bridgehead atoms. The zero-order valence-corrected chi connectivity index (χ0v) is 19.0. The van der Waals surface area contributed by atoms with Crippen molar-refractivity contribution in [3.05, 3.63) is 51.7 Å². The second kappa shape index (κ2) is 7.95. The number of aryl methyl sites for hydroxylation is 1. The molecule has 1 fully saturated rings. The Bertz CT molecular complexity index is 1300. The summed E-state index contributed by atoms with van der Waals surface area (Å²) in [5.41, 5.74) is 11.0. The first kappa shape index (κ1) is 20.5. The van der Waals surface area contributed by atoms with Gasteiger partial charge in [0.1, 0.15) is 16.7 Å². The van der Waals surface area contributed by atoms with Crippen LogP contribution in [0.3, 0.4) is 0 Å². The van der Waals surface area contributed by atoms with Crippen molar-refractivity contribution in [2.45, 2.75) is 19.4 Å². The third kappa shape index (κ3) is 3.71. The molecule has 5 rings (SSSR count). The van der Waals surface area contributed by atoms with Crippen molar-refractivity contribution < 1.29 is 4.79 Å². The van der Waals surface area contributed by atoms with Crippen LogP contribution in [-0.2, 0) is 6.42 Å². The van der Waals surface area contributed by atoms with Crippen molar-refractivity contribution in [2.24, 2.45) is 5.73 Å². The minimum Gasteiger partial charge on any atom is -0.365 e. The number of hydrogen-bond acceptors (Lipinski definition) is 8. The third-order valence-corrected chi connectivity index (χ3v) is 6.93. The maximum atomic E-state index is 11.3. The fourth-order valence-electron chi connectivity index (χ4n) is 3.85. The van der Waals surface area contributed by atoms with E-state index < -0.39 is 5.91 Å². The number of primary amides is 1. The number of aromatic nitrogens is 5. The Kier molecular flexibility index (Phi) is 5.10. The van der Waals surface area contributed by atoms with Crippen molar-refractivity contribution in [2.75, 3.05) is 32.1 Å². The van der Waals surface area contributed by atoms with E-state index in [0.717, 1.165) is 51.9 Å². The van der Waals surface area contributed by atoms with Crippen LogP contribution in [0.1, 0.15) is 25.8 Å². The van der Waals surface area contributed by atoms with Gasteiger partial charge in [-0.3, -0.25) is 4.79 Å². The number of nitrogens with zero attached hydrogens (tertiary/aromatic N) is 6. The average molecular weight is 449 g/mol. The van der Waals surface area contributed by atoms with Gasteiger partial charge < -0.3 is 20.5 Å². The summed E-state index contributed by atoms with van der Waals surface area (Å²) in [4.78, 5) is 37.6. The van der Waals surface area contributed by atoms with E-state index in [4.69, 9.17) is 5.73 Å². The number of aromatic amines is 1. The van der Waals surface area contributed by atoms with Crippen LogP contribution in [0.25, 0.3) is 22.4 Å². The predicted octanol–water partition coefficient (Wildman–Crippen LogP) is 2.22. The lowest BCUT2D eigenvalue weighted by Gasteiger charge is -2.42. The van der Waals surface area contributed by atoms with Gasteiger partial charge in [0.15, 0.2) is 5.65 Å². The Labute approximate surface area is 189 Å². The molecule has 0 aliphatic carbocycles. The van der Waals surface area contributed by atoms with Gasteiger partial charge in [-0.2, -0.15) is 4.98 Å². The minimum atomic E-state index is -0.442. The Morgan fingerprint density at radius 1 is 1.28 bits per heavy atom. The number of carbonyl (C=O) groups is 1. The molecule has 4 aromatic rings. The summed E-state index contributed by atoms with van der Waals surface area (Å²) >= 11 is 1.33. The van der Waals surface area contributed by atoms with Crippen LogP contribution in [0.2, 0.25) is 0 Å². The van der Waals surface area contributed by atoms with Gasteiger partial charge in [-0.1, -0.05) is 12.1 Å². The number of nitrogens with one attached hydrogen (secondary N) is 1. The second-order valence-electron chi connectivity index (χ2n) is 8.30. The molecule has 1 saturated heterocycles. The lowest BCUT2D eigenvalue weighted by atomic mass is 10.0. The van der Waals surface area contributed by atoms with E-state index in [1.54, 1.807) is 12.5 Å². The van der Waals surface area contributed by atoms with Crippen LogP contribution in [-0.4, -0.2) is 69.0 Å². The highest BCUT2D eigenvalue weighted by molar-refractivity contribution is 7.13. The standard InChI is InChI=1S/C22H24N8OS/c1-12-6-14(5-4-13(12)7-17-24-8-16(32-17)20(23)31)18-19-21(26-11-25-18)28-22(27-19)30-9-15(10-30)29(2)3/h4-6,8,11,15H,7,9-10H2,1-3H3,(H2,23,31)(H,25,26,27,28). The Morgan fingerprint density at radius 2 is 2.09 bits per heavy atom. The van der Waals surface area contributed by atoms with Crippen molar-refractivity contribution >= 4 is 34.4 Å². The van der Waals surface area contributed by atoms with E-state index in [2.05, 4.69) is 73.9 Å². The molecule has 1 aliphatic heterocycles. The molecule has 1 amide bonds. The number of imidazole rings is 1. The fraction of sp³-hybridized carbons (Fsp3) is 0.318. The molecule has 9 nitrogen and oxygen atoms in total. The number of nitrogens with two attached hydrogens (primary N) is 1. The number of benzene rings is 1. The number of carbonyl (C=O) groups excluding carboxylic acids is 1. The molecule has 0 atom stereocenters. The van der Waals surface area contributed by atoms with Gasteiger partial charge in [0.2, 0.25) is 5.95 Å². The van der Waals surface area contributed by atoms with Gasteiger partial charge in [-0.15, -0.1) is 11.3 Å². The number of fused-ring (bicyclic) bond motifs is 1. The molecule has 10 heteroatoms.